The summed E-state index contributed by atoms with van der Waals surface area (Å²) in [4.78, 5) is 15.9. The second-order valence-electron chi connectivity index (χ2n) is 3.63. The van der Waals surface area contributed by atoms with E-state index in [0.717, 1.165) is 9.09 Å². The molecule has 0 saturated carbocycles. The van der Waals surface area contributed by atoms with Crippen LogP contribution >= 0.6 is 22.6 Å². The highest BCUT2D eigenvalue weighted by atomic mass is 127. The molecule has 17 heavy (non-hydrogen) atoms. The molecule has 1 heterocycles. The Morgan fingerprint density at radius 2 is 2.12 bits per heavy atom. The van der Waals surface area contributed by atoms with Gasteiger partial charge in [0.25, 0.3) is 0 Å². The third kappa shape index (κ3) is 2.63. The van der Waals surface area contributed by atoms with Crippen LogP contribution in [0.25, 0.3) is 10.9 Å². The minimum atomic E-state index is -0.432. The number of nitrogens with zero attached hydrogens (tertiary/aromatic N) is 1. The highest BCUT2D eigenvalue weighted by Gasteiger charge is 2.09. The lowest BCUT2D eigenvalue weighted by Crippen LogP contribution is -2.08. The van der Waals surface area contributed by atoms with E-state index < -0.39 is 5.97 Å². The molecule has 0 radical (unpaired) electrons. The summed E-state index contributed by atoms with van der Waals surface area (Å²) in [6.07, 6.45) is 0. The van der Waals surface area contributed by atoms with Gasteiger partial charge in [0.05, 0.1) is 0 Å². The summed E-state index contributed by atoms with van der Waals surface area (Å²) in [6, 6.07) is 9.34. The fourth-order valence-corrected chi connectivity index (χ4v) is 1.79. The van der Waals surface area contributed by atoms with Crippen LogP contribution in [0.2, 0.25) is 0 Å². The first-order chi connectivity index (χ1) is 8.08. The summed E-state index contributed by atoms with van der Waals surface area (Å²) in [5, 5.41) is 0.942. The van der Waals surface area contributed by atoms with Crippen molar-refractivity contribution in [3.8, 4) is 5.75 Å². The van der Waals surface area contributed by atoms with E-state index in [1.54, 1.807) is 13.0 Å². The van der Waals surface area contributed by atoms with Crippen LogP contribution in [0.5, 0.6) is 5.75 Å². The van der Waals surface area contributed by atoms with Gasteiger partial charge < -0.3 is 4.74 Å². The van der Waals surface area contributed by atoms with Crippen molar-refractivity contribution in [1.82, 2.24) is 4.98 Å². The molecular formula is C13H10INO2. The molecule has 0 bridgehead atoms. The van der Waals surface area contributed by atoms with Crippen molar-refractivity contribution in [2.45, 2.75) is 6.92 Å². The number of ether oxygens (including phenoxy) is 1. The molecule has 0 aliphatic rings. The quantitative estimate of drug-likeness (QED) is 0.277. The van der Waals surface area contributed by atoms with Gasteiger partial charge in [0.15, 0.2) is 5.75 Å². The lowest BCUT2D eigenvalue weighted by atomic mass is 10.2. The molecule has 2 rings (SSSR count). The third-order valence-corrected chi connectivity index (χ3v) is 2.80. The molecule has 1 aromatic heterocycles. The number of aromatic nitrogens is 1. The molecule has 0 amide bonds. The maximum Gasteiger partial charge on any atom is 0.338 e. The summed E-state index contributed by atoms with van der Waals surface area (Å²) in [5.41, 5.74) is 1.06. The number of pyridine rings is 1. The van der Waals surface area contributed by atoms with Crippen LogP contribution in [0.3, 0.4) is 0 Å². The molecule has 0 aliphatic carbocycles. The van der Waals surface area contributed by atoms with Gasteiger partial charge in [-0.15, -0.1) is 0 Å². The fraction of sp³-hybridized carbons (Fsp3) is 0.0769. The predicted octanol–water partition coefficient (Wildman–Crippen LogP) is 3.32. The van der Waals surface area contributed by atoms with Crippen molar-refractivity contribution >= 4 is 39.5 Å². The van der Waals surface area contributed by atoms with Gasteiger partial charge >= 0.3 is 5.97 Å². The lowest BCUT2D eigenvalue weighted by Gasteiger charge is -2.06. The first kappa shape index (κ1) is 12.0. The summed E-state index contributed by atoms with van der Waals surface area (Å²) in [7, 11) is 0. The van der Waals surface area contributed by atoms with Crippen molar-refractivity contribution < 1.29 is 9.53 Å². The van der Waals surface area contributed by atoms with E-state index in [0.29, 0.717) is 16.8 Å². The Hall–Kier alpha value is -1.43. The third-order valence-electron chi connectivity index (χ3n) is 2.20. The van der Waals surface area contributed by atoms with E-state index in [9.17, 15) is 4.79 Å². The fourth-order valence-electron chi connectivity index (χ4n) is 1.37. The number of fused-ring (bicyclic) bond motifs is 1. The van der Waals surface area contributed by atoms with Gasteiger partial charge in [-0.2, -0.15) is 0 Å². The van der Waals surface area contributed by atoms with Crippen LogP contribution in [0.4, 0.5) is 0 Å². The van der Waals surface area contributed by atoms with Gasteiger partial charge in [0.2, 0.25) is 0 Å². The first-order valence-corrected chi connectivity index (χ1v) is 6.09. The number of esters is 1. The van der Waals surface area contributed by atoms with Crippen LogP contribution in [0, 0.1) is 3.70 Å². The van der Waals surface area contributed by atoms with Gasteiger partial charge in [0, 0.05) is 11.0 Å². The van der Waals surface area contributed by atoms with Crippen LogP contribution in [0.1, 0.15) is 6.92 Å². The monoisotopic (exact) mass is 339 g/mol. The number of carbonyl (C=O) groups is 1. The van der Waals surface area contributed by atoms with Gasteiger partial charge in [-0.05, 0) is 41.6 Å². The van der Waals surface area contributed by atoms with Crippen LogP contribution < -0.4 is 4.74 Å². The molecule has 0 atom stereocenters. The van der Waals surface area contributed by atoms with Crippen LogP contribution in [-0.2, 0) is 4.79 Å². The maximum absolute atomic E-state index is 11.5. The van der Waals surface area contributed by atoms with Gasteiger partial charge in [-0.1, -0.05) is 24.8 Å². The Balaban J connectivity index is 2.50. The van der Waals surface area contributed by atoms with Crippen LogP contribution in [0.15, 0.2) is 42.5 Å². The molecule has 2 aromatic rings. The van der Waals surface area contributed by atoms with Gasteiger partial charge in [0.1, 0.15) is 9.22 Å². The number of carbonyl (C=O) groups excluding carboxylic acids is 1. The van der Waals surface area contributed by atoms with E-state index in [-0.39, 0.29) is 0 Å². The Bertz CT molecular complexity index is 607. The molecule has 0 N–H and O–H groups in total. The molecule has 4 heteroatoms. The molecule has 86 valence electrons. The number of hydrogen-bond acceptors (Lipinski definition) is 3. The Kier molecular flexibility index (Phi) is 3.42. The summed E-state index contributed by atoms with van der Waals surface area (Å²) in [5.74, 6) is 0.0344. The number of halogens is 1. The Labute approximate surface area is 113 Å². The standard InChI is InChI=1S/C13H10INO2/c1-8(2)13(16)17-10-5-3-4-9-6-7-11(14)15-12(9)10/h3-7H,1H2,2H3. The minimum absolute atomic E-state index is 0.368. The van der Waals surface area contributed by atoms with Crippen molar-refractivity contribution in [3.05, 3.63) is 46.2 Å². The summed E-state index contributed by atoms with van der Waals surface area (Å²) < 4.78 is 6.10. The summed E-state index contributed by atoms with van der Waals surface area (Å²) >= 11 is 2.12. The average molecular weight is 339 g/mol. The zero-order chi connectivity index (χ0) is 12.4. The van der Waals surface area contributed by atoms with E-state index in [1.807, 2.05) is 24.3 Å². The van der Waals surface area contributed by atoms with Crippen molar-refractivity contribution in [2.75, 3.05) is 0 Å². The van der Waals surface area contributed by atoms with Crippen molar-refractivity contribution in [3.63, 3.8) is 0 Å². The van der Waals surface area contributed by atoms with Gasteiger partial charge in [-0.3, -0.25) is 0 Å². The van der Waals surface area contributed by atoms with E-state index in [4.69, 9.17) is 4.74 Å². The van der Waals surface area contributed by atoms with E-state index >= 15 is 0 Å². The maximum atomic E-state index is 11.5. The molecule has 1 aromatic carbocycles. The normalized spacial score (nSPS) is 10.2. The van der Waals surface area contributed by atoms with Gasteiger partial charge in [-0.25, -0.2) is 9.78 Å². The Morgan fingerprint density at radius 3 is 2.82 bits per heavy atom. The Morgan fingerprint density at radius 1 is 1.35 bits per heavy atom. The predicted molar refractivity (Wildman–Crippen MR) is 74.9 cm³/mol. The largest absolute Gasteiger partial charge is 0.421 e. The zero-order valence-corrected chi connectivity index (χ0v) is 11.4. The average Bonchev–Trinajstić information content (AvgIpc) is 2.29. The highest BCUT2D eigenvalue weighted by molar-refractivity contribution is 14.1. The van der Waals surface area contributed by atoms with Crippen molar-refractivity contribution in [1.29, 1.82) is 0 Å². The van der Waals surface area contributed by atoms with E-state index in [1.165, 1.54) is 0 Å². The lowest BCUT2D eigenvalue weighted by molar-refractivity contribution is -0.129. The SMILES string of the molecule is C=C(C)C(=O)Oc1cccc2ccc(I)nc12. The smallest absolute Gasteiger partial charge is 0.338 e. The molecule has 0 unspecified atom stereocenters. The number of benzene rings is 1. The molecule has 0 aliphatic heterocycles. The molecule has 0 spiro atoms. The number of rotatable bonds is 2. The second-order valence-corrected chi connectivity index (χ2v) is 4.74. The zero-order valence-electron chi connectivity index (χ0n) is 9.24. The number of hydrogen-bond donors (Lipinski definition) is 0. The second kappa shape index (κ2) is 4.83. The highest BCUT2D eigenvalue weighted by Crippen LogP contribution is 2.24. The van der Waals surface area contributed by atoms with Crippen LogP contribution in [-0.4, -0.2) is 11.0 Å². The molecular weight excluding hydrogens is 329 g/mol. The molecule has 3 nitrogen and oxygen atoms in total. The summed E-state index contributed by atoms with van der Waals surface area (Å²) in [6.45, 7) is 5.17. The topological polar surface area (TPSA) is 39.2 Å². The first-order valence-electron chi connectivity index (χ1n) is 5.01. The molecule has 0 fully saturated rings. The van der Waals surface area contributed by atoms with Crippen molar-refractivity contribution in [2.24, 2.45) is 0 Å². The van der Waals surface area contributed by atoms with E-state index in [2.05, 4.69) is 34.2 Å². The number of para-hydroxylation sites is 1. The molecule has 0 saturated heterocycles. The minimum Gasteiger partial charge on any atom is -0.421 e.